The summed E-state index contributed by atoms with van der Waals surface area (Å²) in [4.78, 5) is 2.45. The van der Waals surface area contributed by atoms with Gasteiger partial charge in [-0.05, 0) is 25.0 Å². The molecule has 2 aromatic carbocycles. The second kappa shape index (κ2) is 7.13. The van der Waals surface area contributed by atoms with Crippen molar-refractivity contribution in [3.05, 3.63) is 42.0 Å². The average Bonchev–Trinajstić information content (AvgIpc) is 2.55. The Bertz CT molecular complexity index is 636. The van der Waals surface area contributed by atoms with Crippen LogP contribution >= 0.6 is 0 Å². The molecule has 2 rings (SSSR count). The molecule has 0 aliphatic heterocycles. The van der Waals surface area contributed by atoms with Gasteiger partial charge in [0.05, 0.1) is 11.6 Å². The topological polar surface area (TPSA) is 27.0 Å². The van der Waals surface area contributed by atoms with Crippen LogP contribution in [0.3, 0.4) is 0 Å². The van der Waals surface area contributed by atoms with Crippen LogP contribution in [-0.2, 0) is 0 Å². The molecule has 0 saturated carbocycles. The maximum atomic E-state index is 9.28. The number of nitriles is 1. The highest BCUT2D eigenvalue weighted by Gasteiger charge is 2.14. The van der Waals surface area contributed by atoms with Crippen molar-refractivity contribution < 1.29 is 0 Å². The zero-order valence-corrected chi connectivity index (χ0v) is 13.3. The molecule has 0 heterocycles. The number of nitrogens with zero attached hydrogens (tertiary/aromatic N) is 2. The molecule has 110 valence electrons. The standard InChI is InChI=1S/C19H24N2/c1-4-15(5-2)14-21(6-3)19-12-11-16(13-20)17-9-7-8-10-18(17)19/h7-12,15H,4-6,14H2,1-3H3. The Kier molecular flexibility index (Phi) is 5.22. The summed E-state index contributed by atoms with van der Waals surface area (Å²) in [6, 6.07) is 14.6. The van der Waals surface area contributed by atoms with Crippen LogP contribution in [-0.4, -0.2) is 13.1 Å². The van der Waals surface area contributed by atoms with E-state index in [0.717, 1.165) is 30.0 Å². The van der Waals surface area contributed by atoms with Crippen molar-refractivity contribution in [2.75, 3.05) is 18.0 Å². The summed E-state index contributed by atoms with van der Waals surface area (Å²) in [5.41, 5.74) is 2.01. The van der Waals surface area contributed by atoms with E-state index in [9.17, 15) is 5.26 Å². The molecule has 0 spiro atoms. The maximum Gasteiger partial charge on any atom is 0.0998 e. The van der Waals surface area contributed by atoms with E-state index in [-0.39, 0.29) is 0 Å². The van der Waals surface area contributed by atoms with Crippen molar-refractivity contribution in [2.24, 2.45) is 5.92 Å². The second-order valence-electron chi connectivity index (χ2n) is 5.51. The van der Waals surface area contributed by atoms with Gasteiger partial charge < -0.3 is 4.90 Å². The molecular weight excluding hydrogens is 256 g/mol. The molecule has 0 saturated heterocycles. The van der Waals surface area contributed by atoms with Crippen LogP contribution in [0.15, 0.2) is 36.4 Å². The van der Waals surface area contributed by atoms with Crippen molar-refractivity contribution >= 4 is 16.5 Å². The fourth-order valence-electron chi connectivity index (χ4n) is 2.91. The van der Waals surface area contributed by atoms with Crippen LogP contribution < -0.4 is 4.90 Å². The largest absolute Gasteiger partial charge is 0.371 e. The van der Waals surface area contributed by atoms with Crippen molar-refractivity contribution in [1.82, 2.24) is 0 Å². The first kappa shape index (κ1) is 15.4. The molecule has 0 aliphatic carbocycles. The first-order chi connectivity index (χ1) is 10.2. The Morgan fingerprint density at radius 1 is 1.00 bits per heavy atom. The van der Waals surface area contributed by atoms with Gasteiger partial charge in [0.15, 0.2) is 0 Å². The molecule has 2 heteroatoms. The van der Waals surface area contributed by atoms with Crippen LogP contribution in [0.1, 0.15) is 39.2 Å². The van der Waals surface area contributed by atoms with E-state index >= 15 is 0 Å². The fraction of sp³-hybridized carbons (Fsp3) is 0.421. The lowest BCUT2D eigenvalue weighted by molar-refractivity contribution is 0.486. The zero-order chi connectivity index (χ0) is 15.2. The molecule has 0 atom stereocenters. The third-order valence-corrected chi connectivity index (χ3v) is 4.38. The van der Waals surface area contributed by atoms with Gasteiger partial charge in [0.2, 0.25) is 0 Å². The highest BCUT2D eigenvalue weighted by atomic mass is 15.1. The Morgan fingerprint density at radius 2 is 1.67 bits per heavy atom. The van der Waals surface area contributed by atoms with Crippen LogP contribution in [0, 0.1) is 17.2 Å². The number of hydrogen-bond acceptors (Lipinski definition) is 2. The SMILES string of the molecule is CCC(CC)CN(CC)c1ccc(C#N)c2ccccc12. The van der Waals surface area contributed by atoms with Crippen LogP contribution in [0.25, 0.3) is 10.8 Å². The summed E-state index contributed by atoms with van der Waals surface area (Å²) in [6.07, 6.45) is 2.42. The number of fused-ring (bicyclic) bond motifs is 1. The van der Waals surface area contributed by atoms with E-state index in [1.165, 1.54) is 23.9 Å². The predicted molar refractivity (Wildman–Crippen MR) is 90.6 cm³/mol. The summed E-state index contributed by atoms with van der Waals surface area (Å²) in [7, 11) is 0. The van der Waals surface area contributed by atoms with Crippen LogP contribution in [0.4, 0.5) is 5.69 Å². The van der Waals surface area contributed by atoms with Gasteiger partial charge >= 0.3 is 0 Å². The summed E-state index contributed by atoms with van der Waals surface area (Å²) >= 11 is 0. The smallest absolute Gasteiger partial charge is 0.0998 e. The molecule has 0 radical (unpaired) electrons. The van der Waals surface area contributed by atoms with Crippen molar-refractivity contribution in [3.8, 4) is 6.07 Å². The number of hydrogen-bond donors (Lipinski definition) is 0. The van der Waals surface area contributed by atoms with Gasteiger partial charge in [-0.25, -0.2) is 0 Å². The third-order valence-electron chi connectivity index (χ3n) is 4.38. The first-order valence-electron chi connectivity index (χ1n) is 7.91. The molecule has 2 nitrogen and oxygen atoms in total. The van der Waals surface area contributed by atoms with E-state index in [4.69, 9.17) is 0 Å². The zero-order valence-electron chi connectivity index (χ0n) is 13.3. The van der Waals surface area contributed by atoms with E-state index in [0.29, 0.717) is 0 Å². The molecule has 0 bridgehead atoms. The first-order valence-corrected chi connectivity index (χ1v) is 7.91. The molecule has 0 aliphatic rings. The Labute approximate surface area is 128 Å². The molecule has 0 N–H and O–H groups in total. The van der Waals surface area contributed by atoms with Gasteiger partial charge in [-0.2, -0.15) is 5.26 Å². The monoisotopic (exact) mass is 280 g/mol. The number of anilines is 1. The van der Waals surface area contributed by atoms with E-state index in [1.807, 2.05) is 18.2 Å². The maximum absolute atomic E-state index is 9.28. The second-order valence-corrected chi connectivity index (χ2v) is 5.51. The van der Waals surface area contributed by atoms with Crippen molar-refractivity contribution in [1.29, 1.82) is 5.26 Å². The molecule has 0 fully saturated rings. The average molecular weight is 280 g/mol. The number of benzene rings is 2. The van der Waals surface area contributed by atoms with E-state index in [2.05, 4.69) is 49.9 Å². The predicted octanol–water partition coefficient (Wildman–Crippen LogP) is 4.97. The number of rotatable bonds is 6. The summed E-state index contributed by atoms with van der Waals surface area (Å²) in [6.45, 7) is 8.80. The summed E-state index contributed by atoms with van der Waals surface area (Å²) < 4.78 is 0. The molecule has 0 amide bonds. The highest BCUT2D eigenvalue weighted by molar-refractivity contribution is 5.97. The molecule has 2 aromatic rings. The van der Waals surface area contributed by atoms with Crippen molar-refractivity contribution in [3.63, 3.8) is 0 Å². The van der Waals surface area contributed by atoms with Gasteiger partial charge in [-0.1, -0.05) is 51.0 Å². The molecular formula is C19H24N2. The van der Waals surface area contributed by atoms with E-state index in [1.54, 1.807) is 0 Å². The van der Waals surface area contributed by atoms with Crippen LogP contribution in [0.2, 0.25) is 0 Å². The minimum absolute atomic E-state index is 0.722. The lowest BCUT2D eigenvalue weighted by Crippen LogP contribution is -2.29. The van der Waals surface area contributed by atoms with Gasteiger partial charge in [0.1, 0.15) is 0 Å². The fourth-order valence-corrected chi connectivity index (χ4v) is 2.91. The Balaban J connectivity index is 2.47. The summed E-state index contributed by atoms with van der Waals surface area (Å²) in [5.74, 6) is 0.722. The minimum Gasteiger partial charge on any atom is -0.371 e. The normalized spacial score (nSPS) is 10.8. The Hall–Kier alpha value is -2.01. The lowest BCUT2D eigenvalue weighted by atomic mass is 10.00. The summed E-state index contributed by atoms with van der Waals surface area (Å²) in [5, 5.41) is 11.5. The minimum atomic E-state index is 0.722. The lowest BCUT2D eigenvalue weighted by Gasteiger charge is -2.28. The molecule has 0 unspecified atom stereocenters. The van der Waals surface area contributed by atoms with Gasteiger partial charge in [-0.3, -0.25) is 0 Å². The van der Waals surface area contributed by atoms with Gasteiger partial charge in [0, 0.05) is 29.5 Å². The van der Waals surface area contributed by atoms with E-state index < -0.39 is 0 Å². The molecule has 21 heavy (non-hydrogen) atoms. The van der Waals surface area contributed by atoms with Crippen molar-refractivity contribution in [2.45, 2.75) is 33.6 Å². The van der Waals surface area contributed by atoms with Crippen LogP contribution in [0.5, 0.6) is 0 Å². The molecule has 0 aromatic heterocycles. The Morgan fingerprint density at radius 3 is 2.24 bits per heavy atom. The van der Waals surface area contributed by atoms with Gasteiger partial charge in [-0.15, -0.1) is 0 Å². The third kappa shape index (κ3) is 3.19. The van der Waals surface area contributed by atoms with Gasteiger partial charge in [0.25, 0.3) is 0 Å². The quantitative estimate of drug-likeness (QED) is 0.746. The highest BCUT2D eigenvalue weighted by Crippen LogP contribution is 2.30.